The second-order valence-corrected chi connectivity index (χ2v) is 6.01. The van der Waals surface area contributed by atoms with Gasteiger partial charge in [0.1, 0.15) is 5.54 Å². The molecule has 92 valence electrons. The lowest BCUT2D eigenvalue weighted by Crippen LogP contribution is -2.47. The maximum atomic E-state index is 11.5. The van der Waals surface area contributed by atoms with Gasteiger partial charge in [-0.15, -0.1) is 0 Å². The summed E-state index contributed by atoms with van der Waals surface area (Å²) in [5.41, 5.74) is -0.168. The van der Waals surface area contributed by atoms with E-state index in [1.54, 1.807) is 6.92 Å². The highest BCUT2D eigenvalue weighted by Gasteiger charge is 2.36. The van der Waals surface area contributed by atoms with Gasteiger partial charge in [0.15, 0.2) is 0 Å². The Morgan fingerprint density at radius 3 is 2.53 bits per heavy atom. The van der Waals surface area contributed by atoms with Gasteiger partial charge < -0.3 is 5.11 Å². The molecule has 0 saturated heterocycles. The average molecular weight is 345 g/mol. The van der Waals surface area contributed by atoms with E-state index in [1.807, 2.05) is 24.3 Å². The number of aliphatic carboxylic acids is 1. The highest BCUT2D eigenvalue weighted by molar-refractivity contribution is 14.1. The van der Waals surface area contributed by atoms with Crippen molar-refractivity contribution in [3.05, 3.63) is 33.4 Å². The van der Waals surface area contributed by atoms with Crippen molar-refractivity contribution in [1.82, 2.24) is 5.32 Å². The highest BCUT2D eigenvalue weighted by atomic mass is 127. The summed E-state index contributed by atoms with van der Waals surface area (Å²) in [6.07, 6.45) is 2.44. The van der Waals surface area contributed by atoms with E-state index in [-0.39, 0.29) is 0 Å². The molecule has 2 N–H and O–H groups in total. The van der Waals surface area contributed by atoms with Crippen LogP contribution >= 0.6 is 22.6 Å². The molecule has 0 spiro atoms. The number of benzene rings is 1. The first kappa shape index (κ1) is 12.8. The molecule has 1 aliphatic carbocycles. The third-order valence-electron chi connectivity index (χ3n) is 3.29. The maximum absolute atomic E-state index is 11.5. The van der Waals surface area contributed by atoms with Crippen molar-refractivity contribution in [3.8, 4) is 0 Å². The zero-order valence-corrected chi connectivity index (χ0v) is 11.9. The molecule has 1 fully saturated rings. The first-order valence-corrected chi connectivity index (χ1v) is 6.85. The van der Waals surface area contributed by atoms with Gasteiger partial charge >= 0.3 is 5.97 Å². The van der Waals surface area contributed by atoms with Crippen LogP contribution in [-0.4, -0.2) is 17.6 Å². The lowest BCUT2D eigenvalue weighted by Gasteiger charge is -2.27. The number of rotatable bonds is 5. The van der Waals surface area contributed by atoms with E-state index in [0.29, 0.717) is 5.92 Å². The SMILES string of the molecule is CC(NCC1CC1)(C(=O)O)c1ccc(I)cc1. The Kier molecular flexibility index (Phi) is 3.73. The topological polar surface area (TPSA) is 49.3 Å². The van der Waals surface area contributed by atoms with Gasteiger partial charge in [0.25, 0.3) is 0 Å². The molecule has 0 radical (unpaired) electrons. The summed E-state index contributed by atoms with van der Waals surface area (Å²) in [6.45, 7) is 2.52. The Balaban J connectivity index is 2.19. The fraction of sp³-hybridized carbons (Fsp3) is 0.462. The van der Waals surface area contributed by atoms with Crippen molar-refractivity contribution in [2.45, 2.75) is 25.3 Å². The molecule has 1 unspecified atom stereocenters. The summed E-state index contributed by atoms with van der Waals surface area (Å²) in [6, 6.07) is 7.65. The van der Waals surface area contributed by atoms with Crippen molar-refractivity contribution >= 4 is 28.6 Å². The molecular weight excluding hydrogens is 329 g/mol. The molecule has 1 atom stereocenters. The standard InChI is InChI=1S/C13H16INO2/c1-13(12(16)17,15-8-9-2-3-9)10-4-6-11(14)7-5-10/h4-7,9,15H,2-3,8H2,1H3,(H,16,17). The predicted octanol–water partition coefficient (Wildman–Crippen LogP) is 2.59. The molecule has 3 nitrogen and oxygen atoms in total. The van der Waals surface area contributed by atoms with Gasteiger partial charge in [-0.2, -0.15) is 0 Å². The summed E-state index contributed by atoms with van der Waals surface area (Å²) < 4.78 is 1.11. The molecule has 0 amide bonds. The molecule has 0 heterocycles. The molecular formula is C13H16INO2. The van der Waals surface area contributed by atoms with Crippen LogP contribution in [0.15, 0.2) is 24.3 Å². The maximum Gasteiger partial charge on any atom is 0.328 e. The molecule has 1 aromatic rings. The molecule has 17 heavy (non-hydrogen) atoms. The monoisotopic (exact) mass is 345 g/mol. The lowest BCUT2D eigenvalue weighted by atomic mass is 9.92. The Bertz CT molecular complexity index is 414. The molecule has 4 heteroatoms. The number of carboxylic acids is 1. The Labute approximate surface area is 115 Å². The fourth-order valence-electron chi connectivity index (χ4n) is 1.75. The van der Waals surface area contributed by atoms with E-state index < -0.39 is 11.5 Å². The van der Waals surface area contributed by atoms with Gasteiger partial charge in [-0.1, -0.05) is 12.1 Å². The summed E-state index contributed by atoms with van der Waals surface area (Å²) in [5, 5.41) is 12.6. The minimum Gasteiger partial charge on any atom is -0.480 e. The van der Waals surface area contributed by atoms with Crippen molar-refractivity contribution in [2.75, 3.05) is 6.54 Å². The second kappa shape index (κ2) is 4.94. The van der Waals surface area contributed by atoms with E-state index in [1.165, 1.54) is 12.8 Å². The van der Waals surface area contributed by atoms with E-state index in [0.717, 1.165) is 15.7 Å². The first-order valence-electron chi connectivity index (χ1n) is 5.77. The predicted molar refractivity (Wildman–Crippen MR) is 74.9 cm³/mol. The third kappa shape index (κ3) is 2.98. The minimum atomic E-state index is -0.979. The van der Waals surface area contributed by atoms with Gasteiger partial charge in [-0.3, -0.25) is 5.32 Å². The van der Waals surface area contributed by atoms with Crippen molar-refractivity contribution in [3.63, 3.8) is 0 Å². The number of nitrogens with one attached hydrogen (secondary N) is 1. The van der Waals surface area contributed by atoms with Crippen LogP contribution in [0.5, 0.6) is 0 Å². The fourth-order valence-corrected chi connectivity index (χ4v) is 2.11. The van der Waals surface area contributed by atoms with Gasteiger partial charge in [0, 0.05) is 3.57 Å². The molecule has 0 aromatic heterocycles. The van der Waals surface area contributed by atoms with E-state index in [9.17, 15) is 9.90 Å². The number of carbonyl (C=O) groups is 1. The van der Waals surface area contributed by atoms with Crippen LogP contribution in [0.25, 0.3) is 0 Å². The summed E-state index contributed by atoms with van der Waals surface area (Å²) >= 11 is 2.22. The third-order valence-corrected chi connectivity index (χ3v) is 4.01. The van der Waals surface area contributed by atoms with Gasteiger partial charge in [0.05, 0.1) is 0 Å². The van der Waals surface area contributed by atoms with Crippen molar-refractivity contribution in [2.24, 2.45) is 5.92 Å². The van der Waals surface area contributed by atoms with Gasteiger partial charge in [-0.25, -0.2) is 4.79 Å². The number of halogens is 1. The lowest BCUT2D eigenvalue weighted by molar-refractivity contribution is -0.144. The summed E-state index contributed by atoms with van der Waals surface area (Å²) in [5.74, 6) is -0.156. The normalized spacial score (nSPS) is 18.7. The van der Waals surface area contributed by atoms with E-state index in [2.05, 4.69) is 27.9 Å². The molecule has 1 aliphatic rings. The summed E-state index contributed by atoms with van der Waals surface area (Å²) in [7, 11) is 0. The molecule has 1 aromatic carbocycles. The van der Waals surface area contributed by atoms with E-state index in [4.69, 9.17) is 0 Å². The molecule has 2 rings (SSSR count). The molecule has 0 aliphatic heterocycles. The smallest absolute Gasteiger partial charge is 0.328 e. The highest BCUT2D eigenvalue weighted by Crippen LogP contribution is 2.30. The number of carboxylic acid groups (broad SMARTS) is 1. The van der Waals surface area contributed by atoms with Crippen LogP contribution < -0.4 is 5.32 Å². The average Bonchev–Trinajstić information content (AvgIpc) is 3.10. The molecule has 1 saturated carbocycles. The minimum absolute atomic E-state index is 0.664. The largest absolute Gasteiger partial charge is 0.480 e. The second-order valence-electron chi connectivity index (χ2n) is 4.76. The quantitative estimate of drug-likeness (QED) is 0.807. The number of hydrogen-bond acceptors (Lipinski definition) is 2. The van der Waals surface area contributed by atoms with Crippen LogP contribution in [0.2, 0.25) is 0 Å². The van der Waals surface area contributed by atoms with Crippen LogP contribution in [0.1, 0.15) is 25.3 Å². The first-order chi connectivity index (χ1) is 8.02. The van der Waals surface area contributed by atoms with Crippen LogP contribution in [0, 0.1) is 9.49 Å². The Morgan fingerprint density at radius 2 is 2.06 bits per heavy atom. The zero-order chi connectivity index (χ0) is 12.5. The number of hydrogen-bond donors (Lipinski definition) is 2. The van der Waals surface area contributed by atoms with Crippen LogP contribution in [-0.2, 0) is 10.3 Å². The zero-order valence-electron chi connectivity index (χ0n) is 9.74. The van der Waals surface area contributed by atoms with Crippen LogP contribution in [0.3, 0.4) is 0 Å². The van der Waals surface area contributed by atoms with E-state index >= 15 is 0 Å². The van der Waals surface area contributed by atoms with Crippen molar-refractivity contribution in [1.29, 1.82) is 0 Å². The Morgan fingerprint density at radius 1 is 1.47 bits per heavy atom. The van der Waals surface area contributed by atoms with Gasteiger partial charge in [-0.05, 0) is 72.5 Å². The van der Waals surface area contributed by atoms with Crippen LogP contribution in [0.4, 0.5) is 0 Å². The Hall–Kier alpha value is -0.620. The van der Waals surface area contributed by atoms with Gasteiger partial charge in [0.2, 0.25) is 0 Å². The van der Waals surface area contributed by atoms with Crippen molar-refractivity contribution < 1.29 is 9.90 Å². The summed E-state index contributed by atoms with van der Waals surface area (Å²) in [4.78, 5) is 11.5. The molecule has 0 bridgehead atoms.